The predicted molar refractivity (Wildman–Crippen MR) is 87.8 cm³/mol. The van der Waals surface area contributed by atoms with E-state index in [1.54, 1.807) is 11.1 Å². The largest absolute Gasteiger partial charge is 0.392 e. The Kier molecular flexibility index (Phi) is 3.87. The highest BCUT2D eigenvalue weighted by Gasteiger charge is 2.45. The van der Waals surface area contributed by atoms with Crippen LogP contribution >= 0.6 is 0 Å². The maximum absolute atomic E-state index is 10.7. The smallest absolute Gasteiger partial charge is 0.0646 e. The minimum absolute atomic E-state index is 0.264. The van der Waals surface area contributed by atoms with E-state index in [1.807, 2.05) is 0 Å². The molecule has 1 saturated carbocycles. The van der Waals surface area contributed by atoms with Crippen molar-refractivity contribution in [1.82, 2.24) is 0 Å². The van der Waals surface area contributed by atoms with E-state index in [1.165, 1.54) is 30.4 Å². The molecule has 0 spiro atoms. The molecule has 0 amide bonds. The Bertz CT molecular complexity index is 526. The molecule has 0 aromatic rings. The molecule has 0 radical (unpaired) electrons. The molecular weight excluding hydrogens is 258 g/mol. The molecule has 116 valence electrons. The summed E-state index contributed by atoms with van der Waals surface area (Å²) in [5.41, 5.74) is 12.0. The molecule has 3 atom stereocenters. The molecule has 3 aliphatic carbocycles. The van der Waals surface area contributed by atoms with E-state index in [0.717, 1.165) is 12.8 Å². The van der Waals surface area contributed by atoms with Gasteiger partial charge in [-0.1, -0.05) is 44.1 Å². The highest BCUT2D eigenvalue weighted by Crippen LogP contribution is 2.57. The molecule has 0 aromatic heterocycles. The van der Waals surface area contributed by atoms with Crippen molar-refractivity contribution in [2.24, 2.45) is 23.0 Å². The van der Waals surface area contributed by atoms with Crippen molar-refractivity contribution in [3.63, 3.8) is 0 Å². The lowest BCUT2D eigenvalue weighted by Crippen LogP contribution is -2.33. The fourth-order valence-electron chi connectivity index (χ4n) is 4.67. The standard InChI is InChI=1S/C19H29NO/c1-12(2)14-6-8-19(3)9-7-15-16(18(14)19)5-4-13(11-20)10-17(15)21/h4-5,12,15,17,21H,6-11,20H2,1-3H3/t15-,17+,19-/m1/s1. The summed E-state index contributed by atoms with van der Waals surface area (Å²) in [7, 11) is 0. The van der Waals surface area contributed by atoms with Gasteiger partial charge in [-0.2, -0.15) is 0 Å². The first kappa shape index (κ1) is 15.1. The van der Waals surface area contributed by atoms with Crippen molar-refractivity contribution in [3.8, 4) is 0 Å². The minimum atomic E-state index is -0.264. The number of aliphatic hydroxyl groups excluding tert-OH is 1. The Balaban J connectivity index is 2.10. The molecule has 0 aliphatic heterocycles. The van der Waals surface area contributed by atoms with Crippen LogP contribution in [0.5, 0.6) is 0 Å². The number of rotatable bonds is 2. The summed E-state index contributed by atoms with van der Waals surface area (Å²) in [6, 6.07) is 0. The van der Waals surface area contributed by atoms with Gasteiger partial charge in [-0.25, -0.2) is 0 Å². The van der Waals surface area contributed by atoms with Crippen molar-refractivity contribution in [3.05, 3.63) is 34.4 Å². The van der Waals surface area contributed by atoms with Crippen LogP contribution in [0.3, 0.4) is 0 Å². The second-order valence-corrected chi connectivity index (χ2v) is 7.68. The maximum Gasteiger partial charge on any atom is 0.0646 e. The zero-order valence-electron chi connectivity index (χ0n) is 13.7. The zero-order chi connectivity index (χ0) is 15.2. The number of hydrogen-bond donors (Lipinski definition) is 2. The molecule has 2 nitrogen and oxygen atoms in total. The quantitative estimate of drug-likeness (QED) is 0.813. The third kappa shape index (κ3) is 2.43. The van der Waals surface area contributed by atoms with Gasteiger partial charge in [0.1, 0.15) is 0 Å². The number of fused-ring (bicyclic) bond motifs is 3. The van der Waals surface area contributed by atoms with Gasteiger partial charge in [0, 0.05) is 12.5 Å². The van der Waals surface area contributed by atoms with Crippen molar-refractivity contribution >= 4 is 0 Å². The summed E-state index contributed by atoms with van der Waals surface area (Å²) in [4.78, 5) is 0. The first-order valence-electron chi connectivity index (χ1n) is 8.48. The molecule has 0 bridgehead atoms. The van der Waals surface area contributed by atoms with Crippen LogP contribution < -0.4 is 5.73 Å². The number of nitrogens with two attached hydrogens (primary N) is 1. The minimum Gasteiger partial charge on any atom is -0.392 e. The Morgan fingerprint density at radius 3 is 2.76 bits per heavy atom. The average molecular weight is 287 g/mol. The topological polar surface area (TPSA) is 46.2 Å². The Morgan fingerprint density at radius 2 is 2.10 bits per heavy atom. The SMILES string of the molecule is CC(C)C1=C2C3=CC=C(CN)C[C@H](O)[C@@H]3CC[C@@]2(C)CC1. The molecule has 0 heterocycles. The molecule has 1 fully saturated rings. The van der Waals surface area contributed by atoms with Crippen molar-refractivity contribution in [2.45, 2.75) is 59.0 Å². The Morgan fingerprint density at radius 1 is 1.33 bits per heavy atom. The summed E-state index contributed by atoms with van der Waals surface area (Å²) in [6.45, 7) is 7.61. The monoisotopic (exact) mass is 287 g/mol. The van der Waals surface area contributed by atoms with E-state index in [4.69, 9.17) is 5.73 Å². The highest BCUT2D eigenvalue weighted by atomic mass is 16.3. The molecule has 21 heavy (non-hydrogen) atoms. The van der Waals surface area contributed by atoms with E-state index >= 15 is 0 Å². The van der Waals surface area contributed by atoms with Gasteiger partial charge < -0.3 is 10.8 Å². The normalized spacial score (nSPS) is 36.1. The molecule has 3 rings (SSSR count). The lowest BCUT2D eigenvalue weighted by atomic mass is 9.64. The van der Waals surface area contributed by atoms with Crippen LogP contribution in [0.1, 0.15) is 52.9 Å². The van der Waals surface area contributed by atoms with Gasteiger partial charge in [0.05, 0.1) is 6.10 Å². The first-order valence-corrected chi connectivity index (χ1v) is 8.48. The molecule has 0 aromatic carbocycles. The van der Waals surface area contributed by atoms with Crippen molar-refractivity contribution in [2.75, 3.05) is 6.54 Å². The zero-order valence-corrected chi connectivity index (χ0v) is 13.7. The van der Waals surface area contributed by atoms with E-state index in [-0.39, 0.29) is 6.10 Å². The molecule has 3 N–H and O–H groups in total. The second kappa shape index (κ2) is 5.40. The van der Waals surface area contributed by atoms with Gasteiger partial charge in [0.2, 0.25) is 0 Å². The van der Waals surface area contributed by atoms with Gasteiger partial charge in [0.25, 0.3) is 0 Å². The van der Waals surface area contributed by atoms with Crippen LogP contribution in [0.25, 0.3) is 0 Å². The maximum atomic E-state index is 10.7. The molecular formula is C19H29NO. The number of aliphatic hydroxyl groups is 1. The van der Waals surface area contributed by atoms with Gasteiger partial charge in [-0.15, -0.1) is 0 Å². The molecule has 0 saturated heterocycles. The Labute approximate surface area is 128 Å². The summed E-state index contributed by atoms with van der Waals surface area (Å²) in [5, 5.41) is 10.7. The van der Waals surface area contributed by atoms with Crippen LogP contribution in [0.4, 0.5) is 0 Å². The lowest BCUT2D eigenvalue weighted by Gasteiger charge is -2.41. The Hall–Kier alpha value is -0.860. The third-order valence-corrected chi connectivity index (χ3v) is 5.96. The lowest BCUT2D eigenvalue weighted by molar-refractivity contribution is 0.104. The fourth-order valence-corrected chi connectivity index (χ4v) is 4.67. The van der Waals surface area contributed by atoms with Crippen LogP contribution in [-0.2, 0) is 0 Å². The van der Waals surface area contributed by atoms with E-state index in [9.17, 15) is 5.11 Å². The summed E-state index contributed by atoms with van der Waals surface area (Å²) < 4.78 is 0. The fraction of sp³-hybridized carbons (Fsp3) is 0.684. The summed E-state index contributed by atoms with van der Waals surface area (Å²) >= 11 is 0. The van der Waals surface area contributed by atoms with E-state index in [0.29, 0.717) is 23.8 Å². The average Bonchev–Trinajstić information content (AvgIpc) is 2.71. The molecule has 3 aliphatic rings. The van der Waals surface area contributed by atoms with Crippen LogP contribution in [0.2, 0.25) is 0 Å². The van der Waals surface area contributed by atoms with Gasteiger partial charge >= 0.3 is 0 Å². The second-order valence-electron chi connectivity index (χ2n) is 7.68. The first-order chi connectivity index (χ1) is 9.96. The number of hydrogen-bond acceptors (Lipinski definition) is 2. The van der Waals surface area contributed by atoms with Gasteiger partial charge in [0.15, 0.2) is 0 Å². The van der Waals surface area contributed by atoms with Crippen molar-refractivity contribution < 1.29 is 5.11 Å². The van der Waals surface area contributed by atoms with Crippen LogP contribution in [-0.4, -0.2) is 17.8 Å². The molecule has 0 unspecified atom stereocenters. The third-order valence-electron chi connectivity index (χ3n) is 5.96. The number of allylic oxidation sites excluding steroid dienone is 4. The molecule has 2 heteroatoms. The van der Waals surface area contributed by atoms with E-state index in [2.05, 4.69) is 32.9 Å². The van der Waals surface area contributed by atoms with Gasteiger partial charge in [-0.05, 0) is 54.6 Å². The van der Waals surface area contributed by atoms with Crippen LogP contribution in [0, 0.1) is 17.3 Å². The predicted octanol–water partition coefficient (Wildman–Crippen LogP) is 3.73. The summed E-state index contributed by atoms with van der Waals surface area (Å²) in [6.07, 6.45) is 9.78. The van der Waals surface area contributed by atoms with Crippen molar-refractivity contribution in [1.29, 1.82) is 0 Å². The summed E-state index contributed by atoms with van der Waals surface area (Å²) in [5.74, 6) is 0.917. The van der Waals surface area contributed by atoms with E-state index < -0.39 is 0 Å². The highest BCUT2D eigenvalue weighted by molar-refractivity contribution is 5.50. The van der Waals surface area contributed by atoms with Gasteiger partial charge in [-0.3, -0.25) is 0 Å². The van der Waals surface area contributed by atoms with Crippen LogP contribution in [0.15, 0.2) is 34.4 Å².